The molecule has 2 heterocycles. The molecule has 3 aromatic rings. The van der Waals surface area contributed by atoms with Crippen molar-refractivity contribution in [1.29, 1.82) is 0 Å². The molecule has 4 N–H and O–H groups in total. The predicted molar refractivity (Wildman–Crippen MR) is 121 cm³/mol. The van der Waals surface area contributed by atoms with Crippen LogP contribution in [-0.4, -0.2) is 61.1 Å². The number of carbonyl (C=O) groups is 1. The van der Waals surface area contributed by atoms with Crippen LogP contribution in [0.4, 0.5) is 14.5 Å². The van der Waals surface area contributed by atoms with E-state index >= 15 is 0 Å². The summed E-state index contributed by atoms with van der Waals surface area (Å²) in [4.78, 5) is 15.4. The molecule has 0 radical (unpaired) electrons. The third kappa shape index (κ3) is 4.49. The standard InChI is InChI=1S/C23H27F2N5O3/c1-14(15-4-3-5-16(10-15)23(24,25)13-31)28-22(32)17-11-19(30-8-6-26-7-9-30)21(33-2)18-12-27-29-20(17)18/h3-5,10-12,14,26,31H,6-9,13H2,1-2H3,(H,27,29)(H,28,32)/t14-/m1/s1. The molecule has 2 aromatic carbocycles. The highest BCUT2D eigenvalue weighted by Crippen LogP contribution is 2.38. The van der Waals surface area contributed by atoms with Crippen LogP contribution in [-0.2, 0) is 5.92 Å². The number of hydrogen-bond acceptors (Lipinski definition) is 6. The van der Waals surface area contributed by atoms with Crippen LogP contribution in [0.2, 0.25) is 0 Å². The molecule has 1 aromatic heterocycles. The van der Waals surface area contributed by atoms with Gasteiger partial charge in [0.2, 0.25) is 0 Å². The minimum absolute atomic E-state index is 0.301. The van der Waals surface area contributed by atoms with Gasteiger partial charge in [-0.15, -0.1) is 0 Å². The Hall–Kier alpha value is -3.24. The minimum atomic E-state index is -3.35. The van der Waals surface area contributed by atoms with Crippen LogP contribution in [0, 0.1) is 0 Å². The third-order valence-corrected chi connectivity index (χ3v) is 5.93. The molecular weight excluding hydrogens is 432 g/mol. The Kier molecular flexibility index (Phi) is 6.48. The number of nitrogens with zero attached hydrogens (tertiary/aromatic N) is 2. The summed E-state index contributed by atoms with van der Waals surface area (Å²) >= 11 is 0. The summed E-state index contributed by atoms with van der Waals surface area (Å²) in [6, 6.07) is 6.94. The largest absolute Gasteiger partial charge is 0.494 e. The lowest BCUT2D eigenvalue weighted by molar-refractivity contribution is -0.0556. The first-order valence-corrected chi connectivity index (χ1v) is 10.8. The van der Waals surface area contributed by atoms with Crippen molar-refractivity contribution in [3.63, 3.8) is 0 Å². The van der Waals surface area contributed by atoms with Gasteiger partial charge in [0, 0.05) is 31.7 Å². The van der Waals surface area contributed by atoms with Gasteiger partial charge in [0.1, 0.15) is 6.61 Å². The second-order valence-electron chi connectivity index (χ2n) is 8.06. The minimum Gasteiger partial charge on any atom is -0.494 e. The zero-order valence-electron chi connectivity index (χ0n) is 18.5. The Bertz CT molecular complexity index is 1140. The summed E-state index contributed by atoms with van der Waals surface area (Å²) in [5.41, 5.74) is 1.93. The highest BCUT2D eigenvalue weighted by atomic mass is 19.3. The number of H-pyrrole nitrogens is 1. The summed E-state index contributed by atoms with van der Waals surface area (Å²) in [5.74, 6) is -3.07. The molecule has 8 nitrogen and oxygen atoms in total. The van der Waals surface area contributed by atoms with Crippen molar-refractivity contribution in [1.82, 2.24) is 20.8 Å². The number of aliphatic hydroxyl groups excluding tert-OH is 1. The number of aromatic amines is 1. The number of alkyl halides is 2. The molecule has 0 unspecified atom stereocenters. The maximum Gasteiger partial charge on any atom is 0.295 e. The molecule has 1 atom stereocenters. The first-order valence-electron chi connectivity index (χ1n) is 10.8. The van der Waals surface area contributed by atoms with E-state index in [1.54, 1.807) is 32.4 Å². The number of fused-ring (bicyclic) bond motifs is 1. The quantitative estimate of drug-likeness (QED) is 0.433. The zero-order valence-corrected chi connectivity index (χ0v) is 18.5. The Labute approximate surface area is 189 Å². The fourth-order valence-electron chi connectivity index (χ4n) is 4.09. The lowest BCUT2D eigenvalue weighted by atomic mass is 10.0. The maximum atomic E-state index is 13.9. The topological polar surface area (TPSA) is 103 Å². The van der Waals surface area contributed by atoms with Crippen LogP contribution in [0.25, 0.3) is 10.9 Å². The van der Waals surface area contributed by atoms with Crippen molar-refractivity contribution in [2.24, 2.45) is 0 Å². The summed E-state index contributed by atoms with van der Waals surface area (Å²) in [5, 5.41) is 22.8. The van der Waals surface area contributed by atoms with E-state index in [0.717, 1.165) is 31.9 Å². The highest BCUT2D eigenvalue weighted by molar-refractivity contribution is 6.09. The Balaban J connectivity index is 1.66. The van der Waals surface area contributed by atoms with E-state index in [-0.39, 0.29) is 11.5 Å². The number of rotatable bonds is 7. The monoisotopic (exact) mass is 459 g/mol. The molecule has 1 amide bonds. The first-order chi connectivity index (χ1) is 15.9. The Morgan fingerprint density at radius 3 is 2.79 bits per heavy atom. The number of benzene rings is 2. The number of carbonyl (C=O) groups excluding carboxylic acids is 1. The van der Waals surface area contributed by atoms with Crippen molar-refractivity contribution in [2.75, 3.05) is 44.8 Å². The molecule has 0 saturated carbocycles. The van der Waals surface area contributed by atoms with Gasteiger partial charge in [-0.05, 0) is 24.6 Å². The Morgan fingerprint density at radius 2 is 2.09 bits per heavy atom. The van der Waals surface area contributed by atoms with E-state index in [9.17, 15) is 13.6 Å². The average Bonchev–Trinajstić information content (AvgIpc) is 3.33. The zero-order chi connectivity index (χ0) is 23.6. The van der Waals surface area contributed by atoms with Crippen molar-refractivity contribution < 1.29 is 23.4 Å². The number of amides is 1. The van der Waals surface area contributed by atoms with E-state index < -0.39 is 18.6 Å². The fourth-order valence-corrected chi connectivity index (χ4v) is 4.09. The van der Waals surface area contributed by atoms with Crippen LogP contribution >= 0.6 is 0 Å². The van der Waals surface area contributed by atoms with Crippen molar-refractivity contribution in [2.45, 2.75) is 18.9 Å². The second-order valence-corrected chi connectivity index (χ2v) is 8.06. The molecule has 0 spiro atoms. The molecule has 0 aliphatic carbocycles. The number of methoxy groups -OCH3 is 1. The molecule has 1 fully saturated rings. The lowest BCUT2D eigenvalue weighted by Crippen LogP contribution is -2.43. The summed E-state index contributed by atoms with van der Waals surface area (Å²) < 4.78 is 33.5. The number of anilines is 1. The van der Waals surface area contributed by atoms with Gasteiger partial charge in [-0.1, -0.05) is 18.2 Å². The molecular formula is C23H27F2N5O3. The molecule has 176 valence electrons. The van der Waals surface area contributed by atoms with Gasteiger partial charge in [-0.3, -0.25) is 9.89 Å². The molecule has 0 bridgehead atoms. The average molecular weight is 459 g/mol. The van der Waals surface area contributed by atoms with Crippen molar-refractivity contribution >= 4 is 22.5 Å². The molecule has 10 heteroatoms. The number of ether oxygens (including phenoxy) is 1. The van der Waals surface area contributed by atoms with Crippen LogP contribution in [0.1, 0.15) is 34.5 Å². The van der Waals surface area contributed by atoms with Gasteiger partial charge in [0.25, 0.3) is 11.8 Å². The van der Waals surface area contributed by atoms with E-state index in [2.05, 4.69) is 25.7 Å². The van der Waals surface area contributed by atoms with Gasteiger partial charge in [0.05, 0.1) is 41.5 Å². The second kappa shape index (κ2) is 9.32. The van der Waals surface area contributed by atoms with Crippen molar-refractivity contribution in [3.05, 3.63) is 53.2 Å². The number of piperazine rings is 1. The molecule has 33 heavy (non-hydrogen) atoms. The van der Waals surface area contributed by atoms with Crippen LogP contribution in [0.3, 0.4) is 0 Å². The summed E-state index contributed by atoms with van der Waals surface area (Å²) in [6.45, 7) is 3.61. The van der Waals surface area contributed by atoms with Gasteiger partial charge in [0.15, 0.2) is 5.75 Å². The van der Waals surface area contributed by atoms with E-state index in [4.69, 9.17) is 9.84 Å². The number of halogens is 2. The number of aliphatic hydroxyl groups is 1. The van der Waals surface area contributed by atoms with Crippen LogP contribution in [0.5, 0.6) is 5.75 Å². The van der Waals surface area contributed by atoms with E-state index in [0.29, 0.717) is 27.8 Å². The number of hydrogen-bond donors (Lipinski definition) is 4. The Morgan fingerprint density at radius 1 is 1.33 bits per heavy atom. The van der Waals surface area contributed by atoms with Gasteiger partial charge in [-0.2, -0.15) is 13.9 Å². The van der Waals surface area contributed by atoms with Crippen molar-refractivity contribution in [3.8, 4) is 5.75 Å². The van der Waals surface area contributed by atoms with Crippen LogP contribution < -0.4 is 20.3 Å². The maximum absolute atomic E-state index is 13.9. The number of nitrogens with one attached hydrogen (secondary N) is 3. The van der Waals surface area contributed by atoms with Crippen LogP contribution in [0.15, 0.2) is 36.5 Å². The van der Waals surface area contributed by atoms with Gasteiger partial charge in [-0.25, -0.2) is 0 Å². The smallest absolute Gasteiger partial charge is 0.295 e. The van der Waals surface area contributed by atoms with E-state index in [1.165, 1.54) is 18.2 Å². The normalized spacial score (nSPS) is 15.5. The molecule has 1 aliphatic heterocycles. The first kappa shape index (κ1) is 22.9. The molecule has 4 rings (SSSR count). The molecule has 1 saturated heterocycles. The predicted octanol–water partition coefficient (Wildman–Crippen LogP) is 2.56. The molecule has 1 aliphatic rings. The lowest BCUT2D eigenvalue weighted by Gasteiger charge is -2.31. The summed E-state index contributed by atoms with van der Waals surface area (Å²) in [6.07, 6.45) is 1.63. The van der Waals surface area contributed by atoms with Gasteiger partial charge >= 0.3 is 0 Å². The van der Waals surface area contributed by atoms with E-state index in [1.807, 2.05) is 0 Å². The fraction of sp³-hybridized carbons (Fsp3) is 0.391. The highest BCUT2D eigenvalue weighted by Gasteiger charge is 2.31. The number of aromatic nitrogens is 2. The third-order valence-electron chi connectivity index (χ3n) is 5.93. The summed E-state index contributed by atoms with van der Waals surface area (Å²) in [7, 11) is 1.59. The SMILES string of the molecule is COc1c(N2CCNCC2)cc(C(=O)N[C@H](C)c2cccc(C(F)(F)CO)c2)c2[nH]ncc12. The van der Waals surface area contributed by atoms with Gasteiger partial charge < -0.3 is 25.4 Å².